The fourth-order valence-electron chi connectivity index (χ4n) is 3.33. The van der Waals surface area contributed by atoms with Crippen molar-refractivity contribution in [1.82, 2.24) is 0 Å². The molecule has 1 heterocycles. The third kappa shape index (κ3) is 3.26. The van der Waals surface area contributed by atoms with Crippen LogP contribution in [0.25, 0.3) is 11.6 Å². The van der Waals surface area contributed by atoms with Crippen molar-refractivity contribution in [3.05, 3.63) is 58.7 Å². The van der Waals surface area contributed by atoms with Gasteiger partial charge in [-0.1, -0.05) is 59.7 Å². The maximum Gasteiger partial charge on any atom is 0.256 e. The van der Waals surface area contributed by atoms with Crippen LogP contribution in [0.5, 0.6) is 5.75 Å². The molecular formula is C23H27NO2. The fourth-order valence-corrected chi connectivity index (χ4v) is 3.33. The van der Waals surface area contributed by atoms with Crippen LogP contribution in [0.4, 0.5) is 5.69 Å². The average Bonchev–Trinajstić information content (AvgIpc) is 2.82. The smallest absolute Gasteiger partial charge is 0.256 e. The molecule has 0 aromatic heterocycles. The van der Waals surface area contributed by atoms with Gasteiger partial charge in [0, 0.05) is 28.0 Å². The largest absolute Gasteiger partial charge is 0.507 e. The van der Waals surface area contributed by atoms with Crippen molar-refractivity contribution in [2.24, 2.45) is 0 Å². The van der Waals surface area contributed by atoms with Crippen LogP contribution in [-0.2, 0) is 15.6 Å². The quantitative estimate of drug-likeness (QED) is 0.670. The molecule has 2 aromatic rings. The average molecular weight is 349 g/mol. The third-order valence-corrected chi connectivity index (χ3v) is 4.77. The minimum absolute atomic E-state index is 0.0890. The van der Waals surface area contributed by atoms with E-state index in [2.05, 4.69) is 46.9 Å². The number of hydrogen-bond donors (Lipinski definition) is 2. The van der Waals surface area contributed by atoms with E-state index in [1.54, 1.807) is 0 Å². The molecule has 0 saturated heterocycles. The van der Waals surface area contributed by atoms with E-state index in [4.69, 9.17) is 0 Å². The van der Waals surface area contributed by atoms with Crippen molar-refractivity contribution < 1.29 is 9.90 Å². The molecule has 2 aromatic carbocycles. The lowest BCUT2D eigenvalue weighted by molar-refractivity contribution is -0.110. The van der Waals surface area contributed by atoms with Gasteiger partial charge >= 0.3 is 0 Å². The Bertz CT molecular complexity index is 874. The number of rotatable bonds is 1. The number of hydrogen-bond acceptors (Lipinski definition) is 2. The maximum atomic E-state index is 12.4. The minimum atomic E-state index is -0.200. The summed E-state index contributed by atoms with van der Waals surface area (Å²) in [7, 11) is 0. The number of anilines is 1. The van der Waals surface area contributed by atoms with Crippen molar-refractivity contribution in [3.8, 4) is 5.75 Å². The van der Waals surface area contributed by atoms with Gasteiger partial charge in [0.25, 0.3) is 5.91 Å². The zero-order valence-electron chi connectivity index (χ0n) is 16.4. The van der Waals surface area contributed by atoms with E-state index in [1.165, 1.54) is 0 Å². The Hall–Kier alpha value is -2.55. The molecule has 3 nitrogen and oxygen atoms in total. The Morgan fingerprint density at radius 1 is 0.923 bits per heavy atom. The molecule has 0 radical (unpaired) electrons. The molecule has 0 spiro atoms. The first kappa shape index (κ1) is 18.2. The summed E-state index contributed by atoms with van der Waals surface area (Å²) >= 11 is 0. The summed E-state index contributed by atoms with van der Waals surface area (Å²) in [5.74, 6) is 0.261. The maximum absolute atomic E-state index is 12.4. The van der Waals surface area contributed by atoms with Crippen LogP contribution >= 0.6 is 0 Å². The van der Waals surface area contributed by atoms with Crippen LogP contribution in [0.15, 0.2) is 36.4 Å². The second-order valence-electron chi connectivity index (χ2n) is 9.02. The summed E-state index contributed by atoms with van der Waals surface area (Å²) in [6.45, 7) is 12.5. The molecule has 1 amide bonds. The Morgan fingerprint density at radius 2 is 1.46 bits per heavy atom. The summed E-state index contributed by atoms with van der Waals surface area (Å²) in [6.07, 6.45) is 1.92. The van der Waals surface area contributed by atoms with E-state index in [9.17, 15) is 9.90 Å². The van der Waals surface area contributed by atoms with Gasteiger partial charge in [-0.25, -0.2) is 0 Å². The van der Waals surface area contributed by atoms with E-state index >= 15 is 0 Å². The highest BCUT2D eigenvalue weighted by Crippen LogP contribution is 2.41. The predicted molar refractivity (Wildman–Crippen MR) is 108 cm³/mol. The lowest BCUT2D eigenvalue weighted by Crippen LogP contribution is -2.17. The molecular weight excluding hydrogens is 322 g/mol. The Kier molecular flexibility index (Phi) is 4.22. The van der Waals surface area contributed by atoms with Crippen LogP contribution in [-0.4, -0.2) is 11.0 Å². The monoisotopic (exact) mass is 349 g/mol. The summed E-state index contributed by atoms with van der Waals surface area (Å²) in [5, 5.41) is 13.8. The van der Waals surface area contributed by atoms with Crippen LogP contribution in [0, 0.1) is 0 Å². The molecule has 26 heavy (non-hydrogen) atoms. The van der Waals surface area contributed by atoms with Gasteiger partial charge in [-0.2, -0.15) is 0 Å². The number of benzene rings is 2. The van der Waals surface area contributed by atoms with Crippen LogP contribution < -0.4 is 5.32 Å². The highest BCUT2D eigenvalue weighted by Gasteiger charge is 2.28. The van der Waals surface area contributed by atoms with Crippen molar-refractivity contribution in [3.63, 3.8) is 0 Å². The zero-order valence-corrected chi connectivity index (χ0v) is 16.4. The number of phenolic OH excluding ortho intramolecular Hbond substituents is 1. The summed E-state index contributed by atoms with van der Waals surface area (Å²) in [6, 6.07) is 11.7. The molecule has 1 aliphatic heterocycles. The number of carbonyl (C=O) groups is 1. The SMILES string of the molecule is CC(C)(C)c1cc(/C=C2\C(=O)Nc3ccccc32)cc(C(C)(C)C)c1O. The second kappa shape index (κ2) is 6.01. The van der Waals surface area contributed by atoms with E-state index in [0.29, 0.717) is 11.3 Å². The van der Waals surface area contributed by atoms with Crippen LogP contribution in [0.1, 0.15) is 63.8 Å². The van der Waals surface area contributed by atoms with Crippen molar-refractivity contribution in [1.29, 1.82) is 0 Å². The number of carbonyl (C=O) groups excluding carboxylic acids is 1. The van der Waals surface area contributed by atoms with Crippen molar-refractivity contribution in [2.45, 2.75) is 52.4 Å². The molecule has 0 bridgehead atoms. The topological polar surface area (TPSA) is 49.3 Å². The molecule has 3 heteroatoms. The van der Waals surface area contributed by atoms with Gasteiger partial charge in [0.2, 0.25) is 0 Å². The Labute approximate surface area is 155 Å². The summed E-state index contributed by atoms with van der Waals surface area (Å²) in [4.78, 5) is 12.4. The minimum Gasteiger partial charge on any atom is -0.507 e. The van der Waals surface area contributed by atoms with Gasteiger partial charge in [0.15, 0.2) is 0 Å². The van der Waals surface area contributed by atoms with Crippen molar-refractivity contribution >= 4 is 23.2 Å². The summed E-state index contributed by atoms with van der Waals surface area (Å²) in [5.41, 5.74) is 4.73. The molecule has 0 unspecified atom stereocenters. The molecule has 1 aliphatic rings. The number of aromatic hydroxyl groups is 1. The van der Waals surface area contributed by atoms with Crippen LogP contribution in [0.3, 0.4) is 0 Å². The van der Waals surface area contributed by atoms with E-state index in [-0.39, 0.29) is 16.7 Å². The fraction of sp³-hybridized carbons (Fsp3) is 0.348. The highest BCUT2D eigenvalue weighted by atomic mass is 16.3. The number of phenols is 1. The molecule has 3 rings (SSSR count). The number of nitrogens with one attached hydrogen (secondary N) is 1. The number of fused-ring (bicyclic) bond motifs is 1. The third-order valence-electron chi connectivity index (χ3n) is 4.77. The van der Waals surface area contributed by atoms with Gasteiger partial charge in [-0.15, -0.1) is 0 Å². The van der Waals surface area contributed by atoms with E-state index in [1.807, 2.05) is 42.5 Å². The normalized spacial score (nSPS) is 15.9. The highest BCUT2D eigenvalue weighted by molar-refractivity contribution is 6.34. The first-order valence-corrected chi connectivity index (χ1v) is 8.99. The number of para-hydroxylation sites is 1. The van der Waals surface area contributed by atoms with Gasteiger partial charge < -0.3 is 10.4 Å². The van der Waals surface area contributed by atoms with Gasteiger partial charge in [-0.3, -0.25) is 4.79 Å². The molecule has 0 aliphatic carbocycles. The molecule has 0 fully saturated rings. The lowest BCUT2D eigenvalue weighted by Gasteiger charge is -2.28. The lowest BCUT2D eigenvalue weighted by atomic mass is 9.78. The first-order chi connectivity index (χ1) is 12.0. The molecule has 2 N–H and O–H groups in total. The van der Waals surface area contributed by atoms with Crippen LogP contribution in [0.2, 0.25) is 0 Å². The van der Waals surface area contributed by atoms with Gasteiger partial charge in [0.05, 0.1) is 0 Å². The van der Waals surface area contributed by atoms with Gasteiger partial charge in [-0.05, 0) is 40.7 Å². The summed E-state index contributed by atoms with van der Waals surface area (Å²) < 4.78 is 0. The Balaban J connectivity index is 2.22. The van der Waals surface area contributed by atoms with E-state index < -0.39 is 0 Å². The molecule has 0 saturated carbocycles. The standard InChI is InChI=1S/C23H27NO2/c1-22(2,3)17-12-14(13-18(20(17)25)23(4,5)6)11-16-15-9-7-8-10-19(15)24-21(16)26/h7-13,25H,1-6H3,(H,24,26)/b16-11-. The van der Waals surface area contributed by atoms with Crippen molar-refractivity contribution in [2.75, 3.05) is 5.32 Å². The zero-order chi connectivity index (χ0) is 19.3. The molecule has 0 atom stereocenters. The Morgan fingerprint density at radius 3 is 2.00 bits per heavy atom. The first-order valence-electron chi connectivity index (χ1n) is 8.99. The van der Waals surface area contributed by atoms with E-state index in [0.717, 1.165) is 27.9 Å². The van der Waals surface area contributed by atoms with Gasteiger partial charge in [0.1, 0.15) is 5.75 Å². The second-order valence-corrected chi connectivity index (χ2v) is 9.02. The predicted octanol–water partition coefficient (Wildman–Crippen LogP) is 5.48. The molecule has 136 valence electrons. The number of amides is 1.